The van der Waals surface area contributed by atoms with Crippen LogP contribution in [0.25, 0.3) is 0 Å². The van der Waals surface area contributed by atoms with Crippen LogP contribution < -0.4 is 0 Å². The molecular formula is C12H17FO2. The molecule has 0 saturated heterocycles. The zero-order valence-electron chi connectivity index (χ0n) is 9.63. The Balaban J connectivity index is 0.000000921. The summed E-state index contributed by atoms with van der Waals surface area (Å²) < 4.78 is 17.5. The Morgan fingerprint density at radius 3 is 2.53 bits per heavy atom. The number of rotatable bonds is 2. The minimum Gasteiger partial charge on any atom is -0.462 e. The van der Waals surface area contributed by atoms with Gasteiger partial charge in [0.2, 0.25) is 0 Å². The summed E-state index contributed by atoms with van der Waals surface area (Å²) in [5, 5.41) is 0. The molecule has 0 N–H and O–H groups in total. The van der Waals surface area contributed by atoms with Crippen molar-refractivity contribution >= 4 is 5.97 Å². The third-order valence-electron chi connectivity index (χ3n) is 1.69. The zero-order valence-corrected chi connectivity index (χ0v) is 9.63. The number of benzene rings is 1. The summed E-state index contributed by atoms with van der Waals surface area (Å²) in [5.74, 6) is -0.895. The van der Waals surface area contributed by atoms with Gasteiger partial charge in [0.1, 0.15) is 5.82 Å². The fraction of sp³-hybridized carbons (Fsp3) is 0.417. The minimum atomic E-state index is -0.473. The van der Waals surface area contributed by atoms with Crippen molar-refractivity contribution in [3.8, 4) is 0 Å². The van der Waals surface area contributed by atoms with Crippen LogP contribution in [0, 0.1) is 12.7 Å². The molecule has 1 rings (SSSR count). The Morgan fingerprint density at radius 1 is 1.40 bits per heavy atom. The molecule has 0 fully saturated rings. The molecule has 2 nitrogen and oxygen atoms in total. The van der Waals surface area contributed by atoms with E-state index in [1.165, 1.54) is 12.1 Å². The summed E-state index contributed by atoms with van der Waals surface area (Å²) in [4.78, 5) is 11.2. The van der Waals surface area contributed by atoms with Gasteiger partial charge < -0.3 is 4.74 Å². The van der Waals surface area contributed by atoms with Gasteiger partial charge >= 0.3 is 5.97 Å². The third kappa shape index (κ3) is 4.11. The van der Waals surface area contributed by atoms with Crippen LogP contribution in [-0.4, -0.2) is 12.6 Å². The Bertz CT molecular complexity index is 321. The summed E-state index contributed by atoms with van der Waals surface area (Å²) in [5.41, 5.74) is 1.02. The van der Waals surface area contributed by atoms with Crippen molar-refractivity contribution in [3.05, 3.63) is 35.1 Å². The topological polar surface area (TPSA) is 26.3 Å². The number of halogens is 1. The van der Waals surface area contributed by atoms with E-state index in [1.54, 1.807) is 19.9 Å². The van der Waals surface area contributed by atoms with E-state index in [0.717, 1.165) is 5.56 Å². The van der Waals surface area contributed by atoms with Gasteiger partial charge in [-0.25, -0.2) is 9.18 Å². The van der Waals surface area contributed by atoms with Crippen molar-refractivity contribution in [2.24, 2.45) is 0 Å². The SMILES string of the molecule is CC.CCOC(=O)c1cc(F)ccc1C. The van der Waals surface area contributed by atoms with Crippen LogP contribution in [0.4, 0.5) is 4.39 Å². The maximum Gasteiger partial charge on any atom is 0.338 e. The van der Waals surface area contributed by atoms with Crippen molar-refractivity contribution in [1.29, 1.82) is 0 Å². The molecule has 0 bridgehead atoms. The van der Waals surface area contributed by atoms with Gasteiger partial charge in [-0.3, -0.25) is 0 Å². The highest BCUT2D eigenvalue weighted by atomic mass is 19.1. The largest absolute Gasteiger partial charge is 0.462 e. The lowest BCUT2D eigenvalue weighted by Crippen LogP contribution is -2.06. The minimum absolute atomic E-state index is 0.293. The van der Waals surface area contributed by atoms with Gasteiger partial charge in [-0.05, 0) is 31.5 Å². The van der Waals surface area contributed by atoms with Crippen molar-refractivity contribution in [1.82, 2.24) is 0 Å². The zero-order chi connectivity index (χ0) is 11.8. The molecule has 0 atom stereocenters. The molecule has 0 amide bonds. The number of carbonyl (C=O) groups excluding carboxylic acids is 1. The normalized spacial score (nSPS) is 8.87. The Hall–Kier alpha value is -1.38. The number of carbonyl (C=O) groups is 1. The van der Waals surface area contributed by atoms with E-state index < -0.39 is 11.8 Å². The molecule has 0 aliphatic carbocycles. The second kappa shape index (κ2) is 6.98. The van der Waals surface area contributed by atoms with Gasteiger partial charge in [-0.15, -0.1) is 0 Å². The van der Waals surface area contributed by atoms with E-state index in [1.807, 2.05) is 13.8 Å². The molecule has 3 heteroatoms. The first-order valence-corrected chi connectivity index (χ1v) is 5.08. The van der Waals surface area contributed by atoms with Crippen molar-refractivity contribution in [3.63, 3.8) is 0 Å². The lowest BCUT2D eigenvalue weighted by atomic mass is 10.1. The van der Waals surface area contributed by atoms with Crippen LogP contribution in [0.5, 0.6) is 0 Å². The van der Waals surface area contributed by atoms with E-state index in [2.05, 4.69) is 0 Å². The summed E-state index contributed by atoms with van der Waals surface area (Å²) in [7, 11) is 0. The number of ether oxygens (including phenoxy) is 1. The van der Waals surface area contributed by atoms with Gasteiger partial charge in [-0.1, -0.05) is 19.9 Å². The lowest BCUT2D eigenvalue weighted by molar-refractivity contribution is 0.0525. The summed E-state index contributed by atoms with van der Waals surface area (Å²) in [6.45, 7) is 7.76. The quantitative estimate of drug-likeness (QED) is 0.703. The maximum atomic E-state index is 12.7. The maximum absolute atomic E-state index is 12.7. The predicted octanol–water partition coefficient (Wildman–Crippen LogP) is 3.34. The predicted molar refractivity (Wildman–Crippen MR) is 58.4 cm³/mol. The van der Waals surface area contributed by atoms with Gasteiger partial charge in [0.05, 0.1) is 12.2 Å². The molecule has 0 unspecified atom stereocenters. The van der Waals surface area contributed by atoms with E-state index >= 15 is 0 Å². The molecule has 84 valence electrons. The van der Waals surface area contributed by atoms with Gasteiger partial charge in [0.25, 0.3) is 0 Å². The van der Waals surface area contributed by atoms with Crippen LogP contribution in [0.3, 0.4) is 0 Å². The first-order valence-electron chi connectivity index (χ1n) is 5.08. The molecule has 0 spiro atoms. The molecule has 0 aromatic heterocycles. The molecule has 1 aromatic carbocycles. The van der Waals surface area contributed by atoms with E-state index in [9.17, 15) is 9.18 Å². The molecule has 15 heavy (non-hydrogen) atoms. The average Bonchev–Trinajstić information content (AvgIpc) is 2.25. The highest BCUT2D eigenvalue weighted by molar-refractivity contribution is 5.90. The Labute approximate surface area is 90.1 Å². The van der Waals surface area contributed by atoms with Crippen LogP contribution in [-0.2, 0) is 4.74 Å². The van der Waals surface area contributed by atoms with Crippen molar-refractivity contribution in [2.75, 3.05) is 6.61 Å². The highest BCUT2D eigenvalue weighted by Gasteiger charge is 2.10. The molecule has 0 aliphatic rings. The van der Waals surface area contributed by atoms with Crippen LogP contribution >= 0.6 is 0 Å². The number of hydrogen-bond acceptors (Lipinski definition) is 2. The first-order chi connectivity index (χ1) is 7.15. The van der Waals surface area contributed by atoms with E-state index in [4.69, 9.17) is 4.74 Å². The third-order valence-corrected chi connectivity index (χ3v) is 1.69. The van der Waals surface area contributed by atoms with Gasteiger partial charge in [0, 0.05) is 0 Å². The summed E-state index contributed by atoms with van der Waals surface area (Å²) >= 11 is 0. The molecule has 0 saturated carbocycles. The lowest BCUT2D eigenvalue weighted by Gasteiger charge is -2.04. The fourth-order valence-corrected chi connectivity index (χ4v) is 1.02. The summed E-state index contributed by atoms with van der Waals surface area (Å²) in [6, 6.07) is 4.06. The van der Waals surface area contributed by atoms with Crippen LogP contribution in [0.2, 0.25) is 0 Å². The second-order valence-electron chi connectivity index (χ2n) is 2.68. The van der Waals surface area contributed by atoms with Crippen LogP contribution in [0.15, 0.2) is 18.2 Å². The van der Waals surface area contributed by atoms with Crippen molar-refractivity contribution < 1.29 is 13.9 Å². The standard InChI is InChI=1S/C10H11FO2.C2H6/c1-3-13-10(12)9-6-8(11)5-4-7(9)2;1-2/h4-6H,3H2,1-2H3;1-2H3. The monoisotopic (exact) mass is 212 g/mol. The molecular weight excluding hydrogens is 195 g/mol. The van der Waals surface area contributed by atoms with Crippen LogP contribution in [0.1, 0.15) is 36.7 Å². The van der Waals surface area contributed by atoms with Gasteiger partial charge in [0.15, 0.2) is 0 Å². The molecule has 1 aromatic rings. The smallest absolute Gasteiger partial charge is 0.338 e. The van der Waals surface area contributed by atoms with Crippen molar-refractivity contribution in [2.45, 2.75) is 27.7 Å². The van der Waals surface area contributed by atoms with E-state index in [0.29, 0.717) is 12.2 Å². The van der Waals surface area contributed by atoms with Gasteiger partial charge in [-0.2, -0.15) is 0 Å². The second-order valence-corrected chi connectivity index (χ2v) is 2.68. The number of hydrogen-bond donors (Lipinski definition) is 0. The Morgan fingerprint density at radius 2 is 2.00 bits per heavy atom. The number of aryl methyl sites for hydroxylation is 1. The number of esters is 1. The first kappa shape index (κ1) is 13.6. The molecule has 0 aliphatic heterocycles. The highest BCUT2D eigenvalue weighted by Crippen LogP contribution is 2.11. The fourth-order valence-electron chi connectivity index (χ4n) is 1.02. The molecule has 0 heterocycles. The Kier molecular flexibility index (Phi) is 6.34. The summed E-state index contributed by atoms with van der Waals surface area (Å²) in [6.07, 6.45) is 0. The van der Waals surface area contributed by atoms with E-state index in [-0.39, 0.29) is 0 Å². The molecule has 0 radical (unpaired) electrons. The average molecular weight is 212 g/mol.